The molecule has 2 aromatic rings. The van der Waals surface area contributed by atoms with Crippen LogP contribution in [-0.2, 0) is 11.2 Å². The number of nitrogens with one attached hydrogen (secondary N) is 1. The number of ketones is 1. The Morgan fingerprint density at radius 2 is 2.07 bits per heavy atom. The molecule has 146 valence electrons. The molecule has 1 heterocycles. The molecule has 1 aliphatic carbocycles. The van der Waals surface area contributed by atoms with Crippen LogP contribution in [0.1, 0.15) is 37.0 Å². The van der Waals surface area contributed by atoms with Gasteiger partial charge in [-0.3, -0.25) is 4.79 Å². The summed E-state index contributed by atoms with van der Waals surface area (Å²) in [5, 5.41) is 32.3. The molecule has 1 saturated carbocycles. The van der Waals surface area contributed by atoms with Crippen LogP contribution in [0.15, 0.2) is 30.3 Å². The molecule has 1 aromatic heterocycles. The molecule has 3 rings (SSSR count). The van der Waals surface area contributed by atoms with E-state index in [1.54, 1.807) is 11.3 Å². The molecule has 4 N–H and O–H groups in total. The molecule has 0 spiro atoms. The van der Waals surface area contributed by atoms with Gasteiger partial charge in [-0.05, 0) is 62.0 Å². The number of thiophene rings is 1. The van der Waals surface area contributed by atoms with Crippen molar-refractivity contribution >= 4 is 33.3 Å². The third kappa shape index (κ3) is 5.06. The second-order valence-electron chi connectivity index (χ2n) is 7.22. The summed E-state index contributed by atoms with van der Waals surface area (Å²) in [4.78, 5) is 24.0. The average Bonchev–Trinajstić information content (AvgIpc) is 3.15. The number of Topliss-reactive ketones (excluding diaryl/α,β-unsaturated/α-hetero) is 1. The Morgan fingerprint density at radius 1 is 1.30 bits per heavy atom. The zero-order valence-electron chi connectivity index (χ0n) is 15.0. The Hall–Kier alpha value is -1.96. The standard InChI is InChI=1S/C20H25NO5S/c22-14(5-3-6-15-10-12-4-1-2-7-17(12)27-15)9-8-13-11-16(23)19(24)18(13)21-20(25)26/h1-2,4,7,10,13-14,16,18,21-23H,3,5-6,8-9,11H2,(H,25,26). The SMILES string of the molecule is O=C(O)NC1C(=O)C(O)CC1CCC(O)CCCc1cc2ccccc2s1. The Bertz CT molecular complexity index is 772. The van der Waals surface area contributed by atoms with Gasteiger partial charge in [-0.25, -0.2) is 4.79 Å². The summed E-state index contributed by atoms with van der Waals surface area (Å²) in [6.07, 6.45) is 0.836. The van der Waals surface area contributed by atoms with E-state index in [-0.39, 0.29) is 12.3 Å². The van der Waals surface area contributed by atoms with E-state index in [1.807, 2.05) is 12.1 Å². The fraction of sp³-hybridized carbons (Fsp3) is 0.500. The maximum Gasteiger partial charge on any atom is 0.405 e. The molecule has 0 bridgehead atoms. The number of amides is 1. The van der Waals surface area contributed by atoms with Gasteiger partial charge in [0.2, 0.25) is 0 Å². The van der Waals surface area contributed by atoms with E-state index < -0.39 is 30.1 Å². The summed E-state index contributed by atoms with van der Waals surface area (Å²) in [6, 6.07) is 9.59. The summed E-state index contributed by atoms with van der Waals surface area (Å²) in [6.45, 7) is 0. The number of carbonyl (C=O) groups is 2. The second kappa shape index (κ2) is 8.82. The Kier molecular flexibility index (Phi) is 6.46. The van der Waals surface area contributed by atoms with Crippen LogP contribution in [0.5, 0.6) is 0 Å². The molecule has 0 aliphatic heterocycles. The molecule has 1 amide bonds. The highest BCUT2D eigenvalue weighted by atomic mass is 32.1. The van der Waals surface area contributed by atoms with Gasteiger partial charge in [-0.2, -0.15) is 0 Å². The van der Waals surface area contributed by atoms with Crippen LogP contribution < -0.4 is 5.32 Å². The van der Waals surface area contributed by atoms with E-state index >= 15 is 0 Å². The van der Waals surface area contributed by atoms with Crippen LogP contribution >= 0.6 is 11.3 Å². The second-order valence-corrected chi connectivity index (χ2v) is 8.38. The predicted molar refractivity (Wildman–Crippen MR) is 104 cm³/mol. The lowest BCUT2D eigenvalue weighted by Crippen LogP contribution is -2.42. The van der Waals surface area contributed by atoms with Crippen LogP contribution in [0.25, 0.3) is 10.1 Å². The molecule has 7 heteroatoms. The summed E-state index contributed by atoms with van der Waals surface area (Å²) in [5.41, 5.74) is 0. The van der Waals surface area contributed by atoms with Crippen molar-refractivity contribution in [3.63, 3.8) is 0 Å². The molecule has 1 fully saturated rings. The van der Waals surface area contributed by atoms with Gasteiger partial charge in [-0.1, -0.05) is 18.2 Å². The van der Waals surface area contributed by atoms with Gasteiger partial charge in [0.15, 0.2) is 5.78 Å². The van der Waals surface area contributed by atoms with Crippen molar-refractivity contribution in [2.75, 3.05) is 0 Å². The number of hydrogen-bond donors (Lipinski definition) is 4. The lowest BCUT2D eigenvalue weighted by atomic mass is 9.94. The fourth-order valence-corrected chi connectivity index (χ4v) is 4.91. The van der Waals surface area contributed by atoms with Crippen molar-refractivity contribution < 1.29 is 24.9 Å². The molecular weight excluding hydrogens is 366 g/mol. The summed E-state index contributed by atoms with van der Waals surface area (Å²) < 4.78 is 1.27. The highest BCUT2D eigenvalue weighted by molar-refractivity contribution is 7.19. The third-order valence-electron chi connectivity index (χ3n) is 5.22. The number of carboxylic acid groups (broad SMARTS) is 1. The van der Waals surface area contributed by atoms with Gasteiger partial charge >= 0.3 is 6.09 Å². The third-order valence-corrected chi connectivity index (χ3v) is 6.39. The van der Waals surface area contributed by atoms with Crippen LogP contribution in [0, 0.1) is 5.92 Å². The lowest BCUT2D eigenvalue weighted by molar-refractivity contribution is -0.126. The first-order valence-corrected chi connectivity index (χ1v) is 10.1. The van der Waals surface area contributed by atoms with Gasteiger partial charge in [0.1, 0.15) is 6.10 Å². The van der Waals surface area contributed by atoms with Crippen molar-refractivity contribution in [2.45, 2.75) is 56.8 Å². The highest BCUT2D eigenvalue weighted by Gasteiger charge is 2.41. The molecule has 1 aliphatic rings. The molecule has 0 saturated heterocycles. The number of fused-ring (bicyclic) bond motifs is 1. The molecule has 4 atom stereocenters. The van der Waals surface area contributed by atoms with Gasteiger partial charge < -0.3 is 20.6 Å². The van der Waals surface area contributed by atoms with E-state index in [2.05, 4.69) is 23.5 Å². The van der Waals surface area contributed by atoms with Gasteiger partial charge in [0, 0.05) is 9.58 Å². The van der Waals surface area contributed by atoms with Gasteiger partial charge in [-0.15, -0.1) is 11.3 Å². The zero-order valence-corrected chi connectivity index (χ0v) is 15.8. The molecule has 6 nitrogen and oxygen atoms in total. The topological polar surface area (TPSA) is 107 Å². The van der Waals surface area contributed by atoms with Gasteiger partial charge in [0.05, 0.1) is 12.1 Å². The van der Waals surface area contributed by atoms with Crippen molar-refractivity contribution in [1.82, 2.24) is 5.32 Å². The molecule has 4 unspecified atom stereocenters. The monoisotopic (exact) mass is 391 g/mol. The number of hydrogen-bond acceptors (Lipinski definition) is 5. The Morgan fingerprint density at radius 3 is 2.81 bits per heavy atom. The normalized spacial score (nSPS) is 23.6. The summed E-state index contributed by atoms with van der Waals surface area (Å²) in [7, 11) is 0. The average molecular weight is 391 g/mol. The Balaban J connectivity index is 1.43. The predicted octanol–water partition coefficient (Wildman–Crippen LogP) is 2.95. The number of rotatable bonds is 8. The van der Waals surface area contributed by atoms with Crippen molar-refractivity contribution in [3.8, 4) is 0 Å². The van der Waals surface area contributed by atoms with Crippen LogP contribution in [0.3, 0.4) is 0 Å². The molecule has 27 heavy (non-hydrogen) atoms. The lowest BCUT2D eigenvalue weighted by Gasteiger charge is -2.19. The number of benzene rings is 1. The highest BCUT2D eigenvalue weighted by Crippen LogP contribution is 2.29. The minimum absolute atomic E-state index is 0.248. The van der Waals surface area contributed by atoms with E-state index in [0.29, 0.717) is 19.3 Å². The van der Waals surface area contributed by atoms with E-state index in [4.69, 9.17) is 5.11 Å². The zero-order chi connectivity index (χ0) is 19.4. The minimum Gasteiger partial charge on any atom is -0.465 e. The maximum absolute atomic E-state index is 11.9. The van der Waals surface area contributed by atoms with E-state index in [9.17, 15) is 19.8 Å². The number of carbonyl (C=O) groups excluding carboxylic acids is 1. The first-order valence-electron chi connectivity index (χ1n) is 9.31. The minimum atomic E-state index is -1.27. The van der Waals surface area contributed by atoms with Gasteiger partial charge in [0.25, 0.3) is 0 Å². The number of aliphatic hydroxyl groups is 2. The smallest absolute Gasteiger partial charge is 0.405 e. The first kappa shape index (κ1) is 19.8. The number of aliphatic hydroxyl groups excluding tert-OH is 2. The van der Waals surface area contributed by atoms with Crippen LogP contribution in [0.4, 0.5) is 4.79 Å². The van der Waals surface area contributed by atoms with Crippen LogP contribution in [0.2, 0.25) is 0 Å². The Labute approximate surface area is 161 Å². The summed E-state index contributed by atoms with van der Waals surface area (Å²) in [5.74, 6) is -0.734. The number of aryl methyl sites for hydroxylation is 1. The summed E-state index contributed by atoms with van der Waals surface area (Å²) >= 11 is 1.78. The quantitative estimate of drug-likeness (QED) is 0.553. The molecule has 1 aromatic carbocycles. The van der Waals surface area contributed by atoms with Crippen molar-refractivity contribution in [1.29, 1.82) is 0 Å². The first-order chi connectivity index (χ1) is 12.9. The largest absolute Gasteiger partial charge is 0.465 e. The van der Waals surface area contributed by atoms with Crippen molar-refractivity contribution in [3.05, 3.63) is 35.2 Å². The maximum atomic E-state index is 11.9. The molecular formula is C20H25NO5S. The molecule has 0 radical (unpaired) electrons. The van der Waals surface area contributed by atoms with E-state index in [0.717, 1.165) is 12.8 Å². The van der Waals surface area contributed by atoms with Crippen LogP contribution in [-0.4, -0.2) is 45.4 Å². The van der Waals surface area contributed by atoms with E-state index in [1.165, 1.54) is 15.0 Å². The van der Waals surface area contributed by atoms with Crippen molar-refractivity contribution in [2.24, 2.45) is 5.92 Å². The fourth-order valence-electron chi connectivity index (χ4n) is 3.81.